The first kappa shape index (κ1) is 19.5. The second-order valence-electron chi connectivity index (χ2n) is 5.04. The molecule has 138 valence electrons. The Labute approximate surface area is 147 Å². The summed E-state index contributed by atoms with van der Waals surface area (Å²) in [4.78, 5) is -0.381. The highest BCUT2D eigenvalue weighted by molar-refractivity contribution is 7.89. The third kappa shape index (κ3) is 4.86. The molecule has 0 saturated heterocycles. The zero-order valence-electron chi connectivity index (χ0n) is 13.4. The molecule has 10 heteroatoms. The average molecular weight is 395 g/mol. The van der Waals surface area contributed by atoms with Crippen molar-refractivity contribution in [2.24, 2.45) is 0 Å². The summed E-state index contributed by atoms with van der Waals surface area (Å²) in [5, 5.41) is 3.27. The molecule has 0 aliphatic carbocycles. The van der Waals surface area contributed by atoms with Gasteiger partial charge in [-0.1, -0.05) is 0 Å². The molecule has 0 aliphatic rings. The predicted octanol–water partition coefficient (Wildman–Crippen LogP) is 3.52. The molecule has 0 atom stereocenters. The molecule has 0 fully saturated rings. The number of hydrogen-bond acceptors (Lipinski definition) is 5. The fraction of sp³-hybridized carbons (Fsp3) is 0.333. The minimum atomic E-state index is -4.69. The van der Waals surface area contributed by atoms with Gasteiger partial charge in [-0.2, -0.15) is 28.8 Å². The summed E-state index contributed by atoms with van der Waals surface area (Å²) < 4.78 is 75.0. The van der Waals surface area contributed by atoms with Crippen molar-refractivity contribution in [3.05, 3.63) is 40.6 Å². The van der Waals surface area contributed by atoms with Crippen molar-refractivity contribution in [3.8, 4) is 11.5 Å². The number of nitrogens with zero attached hydrogens (tertiary/aromatic N) is 1. The molecule has 0 saturated carbocycles. The highest BCUT2D eigenvalue weighted by atomic mass is 32.2. The SMILES string of the molecule is COc1ccc(OC)c(S(=O)(=O)N(Cc2ccsc2)CC(F)(F)F)c1. The van der Waals surface area contributed by atoms with E-state index in [2.05, 4.69) is 0 Å². The lowest BCUT2D eigenvalue weighted by Crippen LogP contribution is -2.38. The van der Waals surface area contributed by atoms with E-state index < -0.39 is 29.3 Å². The van der Waals surface area contributed by atoms with Crippen LogP contribution in [0.3, 0.4) is 0 Å². The number of thiophene rings is 1. The number of benzene rings is 1. The maximum absolute atomic E-state index is 12.9. The Bertz CT molecular complexity index is 805. The van der Waals surface area contributed by atoms with Crippen LogP contribution in [-0.4, -0.2) is 39.7 Å². The molecule has 0 spiro atoms. The van der Waals surface area contributed by atoms with E-state index in [1.165, 1.54) is 37.7 Å². The van der Waals surface area contributed by atoms with Gasteiger partial charge in [-0.3, -0.25) is 0 Å². The van der Waals surface area contributed by atoms with Gasteiger partial charge >= 0.3 is 6.18 Å². The van der Waals surface area contributed by atoms with Crippen LogP contribution < -0.4 is 9.47 Å². The third-order valence-electron chi connectivity index (χ3n) is 3.28. The number of sulfonamides is 1. The maximum atomic E-state index is 12.9. The fourth-order valence-corrected chi connectivity index (χ4v) is 4.38. The van der Waals surface area contributed by atoms with Gasteiger partial charge in [-0.05, 0) is 34.5 Å². The molecular weight excluding hydrogens is 379 g/mol. The molecule has 0 N–H and O–H groups in total. The number of ether oxygens (including phenoxy) is 2. The molecule has 0 unspecified atom stereocenters. The Morgan fingerprint density at radius 3 is 2.40 bits per heavy atom. The second-order valence-corrected chi connectivity index (χ2v) is 7.72. The molecule has 2 aromatic rings. The lowest BCUT2D eigenvalue weighted by atomic mass is 10.3. The molecule has 2 rings (SSSR count). The smallest absolute Gasteiger partial charge is 0.402 e. The van der Waals surface area contributed by atoms with E-state index in [1.54, 1.807) is 16.8 Å². The van der Waals surface area contributed by atoms with Gasteiger partial charge in [0.2, 0.25) is 10.0 Å². The first-order valence-corrected chi connectivity index (χ1v) is 9.35. The Balaban J connectivity index is 2.50. The number of halogens is 3. The van der Waals surface area contributed by atoms with E-state index >= 15 is 0 Å². The van der Waals surface area contributed by atoms with Gasteiger partial charge in [-0.25, -0.2) is 8.42 Å². The van der Waals surface area contributed by atoms with Gasteiger partial charge in [-0.15, -0.1) is 0 Å². The van der Waals surface area contributed by atoms with Crippen molar-refractivity contribution < 1.29 is 31.1 Å². The number of hydrogen-bond donors (Lipinski definition) is 0. The van der Waals surface area contributed by atoms with Crippen molar-refractivity contribution in [2.45, 2.75) is 17.6 Å². The standard InChI is InChI=1S/C15H16F3NO4S2/c1-22-12-3-4-13(23-2)14(7-12)25(20,21)19(10-15(16,17)18)8-11-5-6-24-9-11/h3-7,9H,8,10H2,1-2H3. The van der Waals surface area contributed by atoms with Gasteiger partial charge in [0.05, 0.1) is 14.2 Å². The van der Waals surface area contributed by atoms with Crippen LogP contribution in [0.15, 0.2) is 39.9 Å². The molecule has 0 aliphatic heterocycles. The van der Waals surface area contributed by atoms with E-state index in [0.29, 0.717) is 9.87 Å². The Morgan fingerprint density at radius 1 is 1.16 bits per heavy atom. The third-order valence-corrected chi connectivity index (χ3v) is 5.83. The molecule has 0 amide bonds. The lowest BCUT2D eigenvalue weighted by molar-refractivity contribution is -0.136. The van der Waals surface area contributed by atoms with Crippen LogP contribution in [0, 0.1) is 0 Å². The van der Waals surface area contributed by atoms with Crippen LogP contribution >= 0.6 is 11.3 Å². The summed E-state index contributed by atoms with van der Waals surface area (Å²) in [5.41, 5.74) is 0.472. The zero-order chi connectivity index (χ0) is 18.7. The maximum Gasteiger partial charge on any atom is 0.402 e. The van der Waals surface area contributed by atoms with E-state index in [-0.39, 0.29) is 16.4 Å². The molecule has 1 aromatic heterocycles. The quantitative estimate of drug-likeness (QED) is 0.720. The molecule has 1 heterocycles. The zero-order valence-corrected chi connectivity index (χ0v) is 15.0. The first-order valence-electron chi connectivity index (χ1n) is 6.97. The molecule has 5 nitrogen and oxygen atoms in total. The summed E-state index contributed by atoms with van der Waals surface area (Å²) in [6.07, 6.45) is -4.69. The van der Waals surface area contributed by atoms with Gasteiger partial charge in [0, 0.05) is 12.6 Å². The summed E-state index contributed by atoms with van der Waals surface area (Å²) in [7, 11) is -1.90. The van der Waals surface area contributed by atoms with E-state index in [4.69, 9.17) is 9.47 Å². The minimum absolute atomic E-state index is 0.0571. The normalized spacial score (nSPS) is 12.4. The van der Waals surface area contributed by atoms with Crippen molar-refractivity contribution >= 4 is 21.4 Å². The van der Waals surface area contributed by atoms with Crippen molar-refractivity contribution in [1.29, 1.82) is 0 Å². The highest BCUT2D eigenvalue weighted by Crippen LogP contribution is 2.33. The Hall–Kier alpha value is -1.78. The summed E-state index contributed by atoms with van der Waals surface area (Å²) in [5.74, 6) is 0.139. The number of methoxy groups -OCH3 is 2. The van der Waals surface area contributed by atoms with Crippen LogP contribution in [0.4, 0.5) is 13.2 Å². The number of rotatable bonds is 7. The Morgan fingerprint density at radius 2 is 1.88 bits per heavy atom. The van der Waals surface area contributed by atoms with E-state index in [0.717, 1.165) is 6.07 Å². The average Bonchev–Trinajstić information content (AvgIpc) is 3.05. The first-order chi connectivity index (χ1) is 11.7. The largest absolute Gasteiger partial charge is 0.497 e. The number of alkyl halides is 3. The van der Waals surface area contributed by atoms with Crippen LogP contribution in [0.25, 0.3) is 0 Å². The predicted molar refractivity (Wildman–Crippen MR) is 87.5 cm³/mol. The van der Waals surface area contributed by atoms with Gasteiger partial charge < -0.3 is 9.47 Å². The minimum Gasteiger partial charge on any atom is -0.497 e. The highest BCUT2D eigenvalue weighted by Gasteiger charge is 2.38. The van der Waals surface area contributed by atoms with Crippen molar-refractivity contribution in [2.75, 3.05) is 20.8 Å². The molecule has 25 heavy (non-hydrogen) atoms. The monoisotopic (exact) mass is 395 g/mol. The van der Waals surface area contributed by atoms with Crippen LogP contribution in [0.1, 0.15) is 5.56 Å². The summed E-state index contributed by atoms with van der Waals surface area (Å²) in [6.45, 7) is -2.00. The van der Waals surface area contributed by atoms with Gasteiger partial charge in [0.25, 0.3) is 0 Å². The lowest BCUT2D eigenvalue weighted by Gasteiger charge is -2.24. The second kappa shape index (κ2) is 7.63. The van der Waals surface area contributed by atoms with Crippen LogP contribution in [-0.2, 0) is 16.6 Å². The Kier molecular flexibility index (Phi) is 5.96. The van der Waals surface area contributed by atoms with Crippen molar-refractivity contribution in [1.82, 2.24) is 4.31 Å². The van der Waals surface area contributed by atoms with Gasteiger partial charge in [0.15, 0.2) is 0 Å². The van der Waals surface area contributed by atoms with Crippen molar-refractivity contribution in [3.63, 3.8) is 0 Å². The van der Waals surface area contributed by atoms with Gasteiger partial charge in [0.1, 0.15) is 22.9 Å². The van der Waals surface area contributed by atoms with Crippen LogP contribution in [0.5, 0.6) is 11.5 Å². The molecular formula is C15H16F3NO4S2. The summed E-state index contributed by atoms with van der Waals surface area (Å²) >= 11 is 1.27. The fourth-order valence-electron chi connectivity index (χ4n) is 2.14. The summed E-state index contributed by atoms with van der Waals surface area (Å²) in [6, 6.07) is 5.52. The molecule has 0 radical (unpaired) electrons. The molecule has 1 aromatic carbocycles. The molecule has 0 bridgehead atoms. The van der Waals surface area contributed by atoms with E-state index in [9.17, 15) is 21.6 Å². The van der Waals surface area contributed by atoms with Crippen LogP contribution in [0.2, 0.25) is 0 Å². The van der Waals surface area contributed by atoms with E-state index in [1.807, 2.05) is 0 Å². The topological polar surface area (TPSA) is 55.8 Å².